The summed E-state index contributed by atoms with van der Waals surface area (Å²) in [6.07, 6.45) is 0. The van der Waals surface area contributed by atoms with Crippen molar-refractivity contribution in [2.24, 2.45) is 0 Å². The monoisotopic (exact) mass is 208 g/mol. The van der Waals surface area contributed by atoms with E-state index in [0.717, 1.165) is 5.69 Å². The van der Waals surface area contributed by atoms with Gasteiger partial charge < -0.3 is 5.32 Å². The van der Waals surface area contributed by atoms with E-state index in [9.17, 15) is 0 Å². The van der Waals surface area contributed by atoms with E-state index >= 15 is 0 Å². The molecule has 1 N–H and O–H groups in total. The van der Waals surface area contributed by atoms with Crippen LogP contribution < -0.4 is 5.32 Å². The van der Waals surface area contributed by atoms with Gasteiger partial charge in [0, 0.05) is 32.7 Å². The Balaban J connectivity index is 0.000000810. The molecule has 1 nitrogen and oxygen atoms in total. The van der Waals surface area contributed by atoms with Gasteiger partial charge in [0.1, 0.15) is 0 Å². The van der Waals surface area contributed by atoms with Gasteiger partial charge in [-0.2, -0.15) is 29.8 Å². The van der Waals surface area contributed by atoms with E-state index in [4.69, 9.17) is 0 Å². The molecular formula is C8H9NY-2. The van der Waals surface area contributed by atoms with Crippen LogP contribution in [-0.4, -0.2) is 0 Å². The SMILES string of the molecule is [CH2-]Nc1[c-]cc(C)cc1.[Y]. The molecule has 0 aliphatic carbocycles. The molecular weight excluding hydrogens is 199 g/mol. The Kier molecular flexibility index (Phi) is 4.93. The van der Waals surface area contributed by atoms with Crippen LogP contribution >= 0.6 is 0 Å². The summed E-state index contributed by atoms with van der Waals surface area (Å²) in [6, 6.07) is 8.90. The van der Waals surface area contributed by atoms with Crippen LogP contribution in [0.1, 0.15) is 5.56 Å². The minimum atomic E-state index is 0. The van der Waals surface area contributed by atoms with Crippen molar-refractivity contribution < 1.29 is 32.7 Å². The molecule has 10 heavy (non-hydrogen) atoms. The molecule has 0 unspecified atom stereocenters. The van der Waals surface area contributed by atoms with Gasteiger partial charge in [-0.15, -0.1) is 5.69 Å². The third-order valence-corrected chi connectivity index (χ3v) is 1.16. The van der Waals surface area contributed by atoms with Crippen molar-refractivity contribution in [2.75, 3.05) is 5.32 Å². The molecule has 0 aromatic heterocycles. The zero-order chi connectivity index (χ0) is 6.69. The molecule has 0 amide bonds. The Morgan fingerprint density at radius 1 is 1.50 bits per heavy atom. The van der Waals surface area contributed by atoms with E-state index in [0.29, 0.717) is 0 Å². The fraction of sp³-hybridized carbons (Fsp3) is 0.125. The van der Waals surface area contributed by atoms with E-state index in [2.05, 4.69) is 18.4 Å². The van der Waals surface area contributed by atoms with Crippen LogP contribution in [0.25, 0.3) is 0 Å². The summed E-state index contributed by atoms with van der Waals surface area (Å²) in [7, 11) is 3.50. The van der Waals surface area contributed by atoms with Gasteiger partial charge in [0.2, 0.25) is 0 Å². The van der Waals surface area contributed by atoms with Crippen molar-refractivity contribution >= 4 is 5.69 Å². The number of hydrogen-bond donors (Lipinski definition) is 1. The third-order valence-electron chi connectivity index (χ3n) is 1.16. The van der Waals surface area contributed by atoms with Crippen molar-refractivity contribution in [2.45, 2.75) is 6.92 Å². The second-order valence-electron chi connectivity index (χ2n) is 1.96. The number of rotatable bonds is 1. The molecule has 0 fully saturated rings. The molecule has 0 saturated carbocycles. The molecule has 0 saturated heterocycles. The quantitative estimate of drug-likeness (QED) is 0.696. The Hall–Kier alpha value is 0.124. The minimum Gasteiger partial charge on any atom is -0.558 e. The standard InChI is InChI=1S/C8H9N.Y/c1-7-3-5-8(9-2)6-4-7;/h3-5,9H,2H2,1H3;/q-2;. The maximum absolute atomic E-state index is 3.50. The van der Waals surface area contributed by atoms with Crippen molar-refractivity contribution in [3.63, 3.8) is 0 Å². The number of aryl methyl sites for hydroxylation is 1. The summed E-state index contributed by atoms with van der Waals surface area (Å²) in [5.41, 5.74) is 2.15. The molecule has 0 aliphatic heterocycles. The van der Waals surface area contributed by atoms with Crippen LogP contribution in [0, 0.1) is 20.0 Å². The zero-order valence-corrected chi connectivity index (χ0v) is 8.85. The molecule has 51 valence electrons. The van der Waals surface area contributed by atoms with Crippen molar-refractivity contribution in [3.8, 4) is 0 Å². The molecule has 0 bridgehead atoms. The topological polar surface area (TPSA) is 12.0 Å². The average molecular weight is 208 g/mol. The smallest absolute Gasteiger partial charge is 0 e. The minimum absolute atomic E-state index is 0. The Morgan fingerprint density at radius 3 is 2.60 bits per heavy atom. The summed E-state index contributed by atoms with van der Waals surface area (Å²) >= 11 is 0. The third kappa shape index (κ3) is 2.80. The van der Waals surface area contributed by atoms with E-state index in [-0.39, 0.29) is 32.7 Å². The van der Waals surface area contributed by atoms with Gasteiger partial charge in [0.05, 0.1) is 0 Å². The average Bonchev–Trinajstić information content (AvgIpc) is 1.90. The van der Waals surface area contributed by atoms with E-state index in [1.165, 1.54) is 5.56 Å². The molecule has 2 heteroatoms. The first kappa shape index (κ1) is 10.1. The molecule has 1 rings (SSSR count). The van der Waals surface area contributed by atoms with Crippen LogP contribution in [0.3, 0.4) is 0 Å². The van der Waals surface area contributed by atoms with Crippen LogP contribution in [0.4, 0.5) is 5.69 Å². The maximum atomic E-state index is 3.50. The van der Waals surface area contributed by atoms with Gasteiger partial charge in [0.25, 0.3) is 0 Å². The van der Waals surface area contributed by atoms with Gasteiger partial charge in [-0.05, 0) is 0 Å². The van der Waals surface area contributed by atoms with Gasteiger partial charge in [-0.3, -0.25) is 7.05 Å². The molecule has 0 heterocycles. The second kappa shape index (κ2) is 4.87. The fourth-order valence-electron chi connectivity index (χ4n) is 0.613. The van der Waals surface area contributed by atoms with Crippen molar-refractivity contribution in [1.29, 1.82) is 0 Å². The summed E-state index contributed by atoms with van der Waals surface area (Å²) in [5, 5.41) is 2.75. The largest absolute Gasteiger partial charge is 0.558 e. The van der Waals surface area contributed by atoms with Crippen LogP contribution in [-0.2, 0) is 32.7 Å². The zero-order valence-electron chi connectivity index (χ0n) is 6.02. The fourth-order valence-corrected chi connectivity index (χ4v) is 0.613. The Labute approximate surface area is 87.1 Å². The number of hydrogen-bond acceptors (Lipinski definition) is 1. The first-order valence-electron chi connectivity index (χ1n) is 2.84. The van der Waals surface area contributed by atoms with Gasteiger partial charge in [-0.25, -0.2) is 0 Å². The van der Waals surface area contributed by atoms with Gasteiger partial charge in [-0.1, -0.05) is 6.92 Å². The van der Waals surface area contributed by atoms with Gasteiger partial charge >= 0.3 is 0 Å². The molecule has 0 spiro atoms. The van der Waals surface area contributed by atoms with E-state index in [1.54, 1.807) is 0 Å². The van der Waals surface area contributed by atoms with E-state index in [1.807, 2.05) is 25.1 Å². The molecule has 1 aromatic rings. The molecule has 0 atom stereocenters. The van der Waals surface area contributed by atoms with Crippen molar-refractivity contribution in [3.05, 3.63) is 36.9 Å². The number of nitrogens with one attached hydrogen (secondary N) is 1. The predicted molar refractivity (Wildman–Crippen MR) is 39.0 cm³/mol. The Bertz CT molecular complexity index is 181. The van der Waals surface area contributed by atoms with Gasteiger partial charge in [0.15, 0.2) is 0 Å². The summed E-state index contributed by atoms with van der Waals surface area (Å²) in [6.45, 7) is 2.03. The summed E-state index contributed by atoms with van der Waals surface area (Å²) in [4.78, 5) is 0. The van der Waals surface area contributed by atoms with E-state index < -0.39 is 0 Å². The maximum Gasteiger partial charge on any atom is 0 e. The molecule has 1 radical (unpaired) electrons. The van der Waals surface area contributed by atoms with Crippen LogP contribution in [0.2, 0.25) is 0 Å². The Morgan fingerprint density at radius 2 is 2.20 bits per heavy atom. The van der Waals surface area contributed by atoms with Crippen molar-refractivity contribution in [1.82, 2.24) is 0 Å². The predicted octanol–water partition coefficient (Wildman–Crippen LogP) is 2.00. The number of benzene rings is 1. The second-order valence-corrected chi connectivity index (χ2v) is 1.96. The summed E-state index contributed by atoms with van der Waals surface area (Å²) < 4.78 is 0. The molecule has 0 aliphatic rings. The summed E-state index contributed by atoms with van der Waals surface area (Å²) in [5.74, 6) is 0. The first-order valence-corrected chi connectivity index (χ1v) is 2.84. The van der Waals surface area contributed by atoms with Crippen LogP contribution in [0.15, 0.2) is 18.2 Å². The number of anilines is 1. The van der Waals surface area contributed by atoms with Crippen LogP contribution in [0.5, 0.6) is 0 Å². The first-order chi connectivity index (χ1) is 4.33. The normalized spacial score (nSPS) is 8.20. The molecule has 1 aromatic carbocycles.